The van der Waals surface area contributed by atoms with Crippen LogP contribution in [0.15, 0.2) is 127 Å². The summed E-state index contributed by atoms with van der Waals surface area (Å²) in [6.45, 7) is 4.54. The fraction of sp³-hybridized carbons (Fsp3) is 0.0303. The Balaban J connectivity index is 1.38. The Labute approximate surface area is 255 Å². The summed E-state index contributed by atoms with van der Waals surface area (Å²) < 4.78 is 4.12. The van der Waals surface area contributed by atoms with Crippen molar-refractivity contribution in [1.82, 2.24) is 7.43 Å². The first-order valence-corrected chi connectivity index (χ1v) is 16.7. The van der Waals surface area contributed by atoms with Crippen molar-refractivity contribution in [3.05, 3.63) is 130 Å². The summed E-state index contributed by atoms with van der Waals surface area (Å²) in [5, 5.41) is 1.85. The molecule has 5 aromatic rings. The normalized spacial score (nSPS) is 17.0. The minimum atomic E-state index is -2.76. The van der Waals surface area contributed by atoms with Gasteiger partial charge < -0.3 is 7.43 Å². The van der Waals surface area contributed by atoms with E-state index in [0.717, 1.165) is 44.2 Å². The zero-order valence-corrected chi connectivity index (χ0v) is 24.6. The molecule has 43 heavy (non-hydrogen) atoms. The lowest BCUT2D eigenvalue weighted by Gasteiger charge is -2.25. The number of hydrogen-bond acceptors (Lipinski definition) is 6. The molecule has 1 aromatic heterocycles. The number of benzene rings is 4. The van der Waals surface area contributed by atoms with E-state index in [1.807, 2.05) is 76.3 Å². The first-order valence-electron chi connectivity index (χ1n) is 13.9. The highest BCUT2D eigenvalue weighted by Gasteiger charge is 2.46. The molecule has 0 spiro atoms. The van der Waals surface area contributed by atoms with Crippen molar-refractivity contribution < 1.29 is 0 Å². The van der Waals surface area contributed by atoms with E-state index < -0.39 is 13.7 Å². The van der Waals surface area contributed by atoms with Gasteiger partial charge in [0.2, 0.25) is 0 Å². The van der Waals surface area contributed by atoms with Crippen molar-refractivity contribution in [3.63, 3.8) is 0 Å². The minimum Gasteiger partial charge on any atom is -0.370 e. The van der Waals surface area contributed by atoms with Crippen molar-refractivity contribution >= 4 is 82.0 Å². The number of hydrogen-bond donors (Lipinski definition) is 0. The SMILES string of the molecule is C=Nc1c2ccccc2c2[n]1[Al]([Cl])[N]1C(=NC3=NCc4ccccc43)c3ccccc3C1=NC1=NC(=N2)c2ccccc21. The molecule has 8 nitrogen and oxygen atoms in total. The number of aromatic nitrogens is 1. The summed E-state index contributed by atoms with van der Waals surface area (Å²) >= 11 is -2.76. The van der Waals surface area contributed by atoms with Crippen LogP contribution in [0.25, 0.3) is 10.8 Å². The Bertz CT molecular complexity index is 2220. The summed E-state index contributed by atoms with van der Waals surface area (Å²) in [5.41, 5.74) is 5.89. The average Bonchev–Trinajstić information content (AvgIpc) is 3.78. The van der Waals surface area contributed by atoms with Gasteiger partial charge in [-0.15, -0.1) is 0 Å². The standard InChI is InChI=1S/C33H20N8.Al.ClH/c1-34-27-21-12-4-5-13-22(21)29(36-27)38-31-25-16-8-9-17-26(25)33(40-31)41-32-24-15-7-6-14-23(24)30(39-32)37-28-20-11-3-2-10-19(20)18-35-28;;/h2-17H,1,18H2;;1H/q-2;+3;/p-1. The zero-order chi connectivity index (χ0) is 28.7. The van der Waals surface area contributed by atoms with Crippen molar-refractivity contribution in [2.45, 2.75) is 6.54 Å². The molecular formula is C33H20AlClN8. The summed E-state index contributed by atoms with van der Waals surface area (Å²) in [6.07, 6.45) is 0. The molecule has 0 unspecified atom stereocenters. The lowest BCUT2D eigenvalue weighted by molar-refractivity contribution is 0.924. The number of aliphatic imine (C=N–C) groups is 6. The third-order valence-corrected chi connectivity index (χ3v) is 11.2. The smallest absolute Gasteiger partial charge is 0.370 e. The van der Waals surface area contributed by atoms with E-state index in [2.05, 4.69) is 39.9 Å². The Hall–Kier alpha value is -4.94. The van der Waals surface area contributed by atoms with Gasteiger partial charge in [-0.2, -0.15) is 10.0 Å². The van der Waals surface area contributed by atoms with Crippen molar-refractivity contribution in [2.24, 2.45) is 30.0 Å². The van der Waals surface area contributed by atoms with Crippen LogP contribution in [-0.2, 0) is 6.54 Å². The molecule has 0 radical (unpaired) electrons. The number of amidine groups is 5. The van der Waals surface area contributed by atoms with Crippen LogP contribution in [0.3, 0.4) is 0 Å². The third-order valence-electron chi connectivity index (χ3n) is 8.22. The molecule has 0 saturated heterocycles. The van der Waals surface area contributed by atoms with E-state index in [4.69, 9.17) is 35.0 Å². The monoisotopic (exact) mass is 590 g/mol. The maximum absolute atomic E-state index is 7.73. The number of nitrogens with zero attached hydrogens (tertiary/aromatic N) is 8. The van der Waals surface area contributed by atoms with Gasteiger partial charge in [0.05, 0.1) is 6.54 Å². The third kappa shape index (κ3) is 3.50. The molecule has 0 atom stereocenters. The van der Waals surface area contributed by atoms with Gasteiger partial charge in [0, 0.05) is 38.6 Å². The topological polar surface area (TPSA) is 82.3 Å². The van der Waals surface area contributed by atoms with Gasteiger partial charge >= 0.3 is 13.7 Å². The van der Waals surface area contributed by atoms with Crippen LogP contribution in [0.4, 0.5) is 11.6 Å². The van der Waals surface area contributed by atoms with E-state index in [9.17, 15) is 0 Å². The number of fused-ring (bicyclic) bond motifs is 11. The molecule has 0 saturated carbocycles. The van der Waals surface area contributed by atoms with Gasteiger partial charge in [-0.1, -0.05) is 97.1 Å². The van der Waals surface area contributed by atoms with Gasteiger partial charge in [0.25, 0.3) is 0 Å². The molecule has 0 fully saturated rings. The van der Waals surface area contributed by atoms with E-state index in [1.165, 1.54) is 0 Å². The molecule has 5 heterocycles. The Kier molecular flexibility index (Phi) is 5.32. The second kappa shape index (κ2) is 9.28. The van der Waals surface area contributed by atoms with Crippen LogP contribution < -0.4 is 0 Å². The second-order valence-electron chi connectivity index (χ2n) is 10.5. The first-order chi connectivity index (χ1) is 21.2. The van der Waals surface area contributed by atoms with E-state index >= 15 is 0 Å². The van der Waals surface area contributed by atoms with Crippen LogP contribution in [-0.4, -0.2) is 57.0 Å². The first kappa shape index (κ1) is 24.6. The zero-order valence-electron chi connectivity index (χ0n) is 22.7. The predicted molar refractivity (Wildman–Crippen MR) is 175 cm³/mol. The predicted octanol–water partition coefficient (Wildman–Crippen LogP) is 6.37. The van der Waals surface area contributed by atoms with Gasteiger partial charge in [0.15, 0.2) is 17.5 Å². The molecule has 0 N–H and O–H groups in total. The molecule has 202 valence electrons. The molecular weight excluding hydrogens is 571 g/mol. The fourth-order valence-electron chi connectivity index (χ4n) is 6.27. The summed E-state index contributed by atoms with van der Waals surface area (Å²) in [7, 11) is 7.73. The van der Waals surface area contributed by atoms with Crippen molar-refractivity contribution in [2.75, 3.05) is 0 Å². The molecule has 4 aliphatic rings. The minimum absolute atomic E-state index is 0.593. The van der Waals surface area contributed by atoms with Crippen LogP contribution >= 0.6 is 10.0 Å². The van der Waals surface area contributed by atoms with Gasteiger partial charge in [-0.3, -0.25) is 4.99 Å². The highest BCUT2D eigenvalue weighted by molar-refractivity contribution is 7.07. The van der Waals surface area contributed by atoms with Gasteiger partial charge in [-0.05, 0) is 12.3 Å². The van der Waals surface area contributed by atoms with E-state index in [-0.39, 0.29) is 0 Å². The molecule has 10 heteroatoms. The Morgan fingerprint density at radius 2 is 1.33 bits per heavy atom. The average molecular weight is 591 g/mol. The van der Waals surface area contributed by atoms with Crippen LogP contribution in [0.5, 0.6) is 0 Å². The molecule has 0 amide bonds. The maximum atomic E-state index is 7.73. The molecule has 0 aliphatic carbocycles. The summed E-state index contributed by atoms with van der Waals surface area (Å²) in [5.74, 6) is 4.63. The van der Waals surface area contributed by atoms with Gasteiger partial charge in [-0.25, -0.2) is 25.0 Å². The second-order valence-corrected chi connectivity index (χ2v) is 13.4. The largest absolute Gasteiger partial charge is 0.722 e. The van der Waals surface area contributed by atoms with Crippen molar-refractivity contribution in [3.8, 4) is 0 Å². The van der Waals surface area contributed by atoms with Crippen LogP contribution in [0.1, 0.15) is 33.4 Å². The highest BCUT2D eigenvalue weighted by Crippen LogP contribution is 2.42. The molecule has 4 aromatic carbocycles. The van der Waals surface area contributed by atoms with Crippen LogP contribution in [0, 0.1) is 0 Å². The summed E-state index contributed by atoms with van der Waals surface area (Å²) in [6, 6.07) is 32.5. The van der Waals surface area contributed by atoms with Crippen molar-refractivity contribution in [1.29, 1.82) is 0 Å². The molecule has 4 aliphatic heterocycles. The van der Waals surface area contributed by atoms with E-state index in [1.54, 1.807) is 0 Å². The molecule has 2 bridgehead atoms. The number of rotatable bonds is 1. The lowest BCUT2D eigenvalue weighted by atomic mass is 10.1. The summed E-state index contributed by atoms with van der Waals surface area (Å²) in [4.78, 5) is 29.9. The number of halogens is 1. The van der Waals surface area contributed by atoms with E-state index in [0.29, 0.717) is 47.4 Å². The Morgan fingerprint density at radius 1 is 0.698 bits per heavy atom. The quantitative estimate of drug-likeness (QED) is 0.165. The van der Waals surface area contributed by atoms with Crippen LogP contribution in [0.2, 0.25) is 0 Å². The lowest BCUT2D eigenvalue weighted by Crippen LogP contribution is -2.46. The fourth-order valence-corrected chi connectivity index (χ4v) is 9.23. The maximum Gasteiger partial charge on any atom is 0.722 e. The molecule has 9 rings (SSSR count). The van der Waals surface area contributed by atoms with Gasteiger partial charge in [0.1, 0.15) is 23.3 Å². The Morgan fingerprint density at radius 3 is 2.09 bits per heavy atom. The highest BCUT2D eigenvalue weighted by atomic mass is 35.6.